The zero-order valence-corrected chi connectivity index (χ0v) is 35.6. The molecule has 4 amide bonds. The number of aromatic amines is 1. The molecular formula is C42H53N13O7. The summed E-state index contributed by atoms with van der Waals surface area (Å²) in [4.78, 5) is 68.7. The number of nitrogens with two attached hydrogens (primary N) is 2. The fourth-order valence-electron chi connectivity index (χ4n) is 7.86. The van der Waals surface area contributed by atoms with Gasteiger partial charge >= 0.3 is 0 Å². The second-order valence-corrected chi connectivity index (χ2v) is 15.1. The van der Waals surface area contributed by atoms with E-state index >= 15 is 0 Å². The first kappa shape index (κ1) is 43.4. The number of benzene rings is 1. The van der Waals surface area contributed by atoms with E-state index in [2.05, 4.69) is 35.4 Å². The van der Waals surface area contributed by atoms with Crippen LogP contribution in [0.2, 0.25) is 0 Å². The van der Waals surface area contributed by atoms with Crippen LogP contribution in [0.4, 0.5) is 0 Å². The third-order valence-corrected chi connectivity index (χ3v) is 10.8. The van der Waals surface area contributed by atoms with E-state index < -0.39 is 35.8 Å². The van der Waals surface area contributed by atoms with Crippen molar-refractivity contribution < 1.29 is 33.4 Å². The number of fused-ring (bicyclic) bond motifs is 2. The molecule has 4 aromatic rings. The van der Waals surface area contributed by atoms with Crippen molar-refractivity contribution in [2.75, 3.05) is 53.1 Å². The summed E-state index contributed by atoms with van der Waals surface area (Å²) >= 11 is 0. The number of H-pyrrole nitrogens is 1. The number of aliphatic imine (C=N–C) groups is 1. The van der Waals surface area contributed by atoms with E-state index in [1.807, 2.05) is 37.8 Å². The van der Waals surface area contributed by atoms with Gasteiger partial charge in [-0.15, -0.1) is 0 Å². The highest BCUT2D eigenvalue weighted by atomic mass is 16.5. The molecule has 62 heavy (non-hydrogen) atoms. The summed E-state index contributed by atoms with van der Waals surface area (Å²) in [5.74, 6) is -1.65. The third kappa shape index (κ3) is 9.31. The van der Waals surface area contributed by atoms with Crippen molar-refractivity contribution in [3.05, 3.63) is 93.8 Å². The quantitative estimate of drug-likeness (QED) is 0.0921. The van der Waals surface area contributed by atoms with Crippen LogP contribution in [-0.4, -0.2) is 134 Å². The molecule has 0 spiro atoms. The fraction of sp³-hybridized carbons (Fsp3) is 0.429. The van der Waals surface area contributed by atoms with Gasteiger partial charge in [-0.3, -0.25) is 33.4 Å². The Morgan fingerprint density at radius 3 is 2.21 bits per heavy atom. The lowest BCUT2D eigenvalue weighted by Gasteiger charge is -2.31. The SMILES string of the molecule is CCn1nc(C)cc1C(=O)/N=C1/NC2=CC(C(N)=O)=CC(OC)C2N1C/C=C/Cn1/c(=N\C(=O)c2cc(C)nn2CC)[nH]c2cc(C(N)=O)cc(OCCCN3CCOCC3)c21. The average molecular weight is 852 g/mol. The van der Waals surface area contributed by atoms with Gasteiger partial charge in [-0.25, -0.2) is 0 Å². The van der Waals surface area contributed by atoms with Crippen LogP contribution in [0.15, 0.2) is 69.8 Å². The molecule has 328 valence electrons. The number of primary amides is 2. The molecule has 3 aromatic heterocycles. The van der Waals surface area contributed by atoms with E-state index in [4.69, 9.17) is 25.7 Å². The molecule has 0 radical (unpaired) electrons. The molecule has 2 atom stereocenters. The van der Waals surface area contributed by atoms with Crippen LogP contribution in [-0.2, 0) is 33.9 Å². The molecule has 7 rings (SSSR count). The van der Waals surface area contributed by atoms with Gasteiger partial charge in [0.15, 0.2) is 0 Å². The summed E-state index contributed by atoms with van der Waals surface area (Å²) in [6, 6.07) is 6.09. The van der Waals surface area contributed by atoms with Crippen LogP contribution in [0.3, 0.4) is 0 Å². The summed E-state index contributed by atoms with van der Waals surface area (Å²) < 4.78 is 22.7. The van der Waals surface area contributed by atoms with Crippen molar-refractivity contribution in [3.63, 3.8) is 0 Å². The standard InChI is InChI=1S/C42H53N13O7/c1-6-54-31(19-25(3)49-54)39(58)47-41-45-29-21-27(37(43)56)23-33(60-5)35(29)52(41)12-8-9-13-53-36-30(46-42(53)48-40(59)32-20-26(4)50-55(32)7-2)22-28(38(44)57)24-34(36)62-16-10-11-51-14-17-61-18-15-51/h8-9,19-24,33,35H,6-7,10-18H2,1-5H3,(H2,43,56)(H2,44,57)(H,45,47,58)(H,46,48,59)/b9-8+. The maximum atomic E-state index is 13.8. The molecule has 5 heterocycles. The monoisotopic (exact) mass is 851 g/mol. The van der Waals surface area contributed by atoms with Crippen LogP contribution in [0, 0.1) is 13.8 Å². The Hall–Kier alpha value is -6.64. The Kier molecular flexibility index (Phi) is 13.3. The van der Waals surface area contributed by atoms with Crippen molar-refractivity contribution in [2.45, 2.75) is 65.9 Å². The van der Waals surface area contributed by atoms with Crippen molar-refractivity contribution in [3.8, 4) is 5.75 Å². The first-order valence-electron chi connectivity index (χ1n) is 20.6. The van der Waals surface area contributed by atoms with Crippen molar-refractivity contribution in [1.29, 1.82) is 0 Å². The number of carbonyl (C=O) groups is 4. The topological polar surface area (TPSA) is 248 Å². The highest BCUT2D eigenvalue weighted by Gasteiger charge is 2.41. The largest absolute Gasteiger partial charge is 0.491 e. The molecule has 1 aromatic carbocycles. The second-order valence-electron chi connectivity index (χ2n) is 15.1. The number of aryl methyl sites for hydroxylation is 4. The maximum Gasteiger partial charge on any atom is 0.298 e. The van der Waals surface area contributed by atoms with Gasteiger partial charge in [0.05, 0.1) is 36.7 Å². The molecule has 2 fully saturated rings. The number of guanidine groups is 1. The van der Waals surface area contributed by atoms with Gasteiger partial charge in [0.25, 0.3) is 11.8 Å². The lowest BCUT2D eigenvalue weighted by molar-refractivity contribution is -0.114. The molecule has 2 unspecified atom stereocenters. The smallest absolute Gasteiger partial charge is 0.298 e. The van der Waals surface area contributed by atoms with Gasteiger partial charge in [0.2, 0.25) is 23.4 Å². The number of nitrogens with one attached hydrogen (secondary N) is 2. The Morgan fingerprint density at radius 2 is 1.58 bits per heavy atom. The summed E-state index contributed by atoms with van der Waals surface area (Å²) in [5.41, 5.74) is 15.8. The number of allylic oxidation sites excluding steroid dienone is 1. The fourth-order valence-corrected chi connectivity index (χ4v) is 7.86. The van der Waals surface area contributed by atoms with Crippen LogP contribution in [0.5, 0.6) is 5.75 Å². The molecule has 1 aliphatic carbocycles. The van der Waals surface area contributed by atoms with Crippen molar-refractivity contribution >= 4 is 40.6 Å². The molecule has 0 saturated carbocycles. The van der Waals surface area contributed by atoms with E-state index in [0.717, 1.165) is 26.1 Å². The van der Waals surface area contributed by atoms with Gasteiger partial charge in [-0.1, -0.05) is 12.2 Å². The average Bonchev–Trinajstić information content (AvgIpc) is 4.03. The van der Waals surface area contributed by atoms with Crippen LogP contribution in [0.25, 0.3) is 11.0 Å². The van der Waals surface area contributed by atoms with Gasteiger partial charge in [-0.05, 0) is 70.5 Å². The molecule has 20 nitrogen and oxygen atoms in total. The van der Waals surface area contributed by atoms with E-state index in [-0.39, 0.29) is 35.8 Å². The van der Waals surface area contributed by atoms with E-state index in [9.17, 15) is 19.2 Å². The van der Waals surface area contributed by atoms with Crippen molar-refractivity contribution in [2.24, 2.45) is 21.5 Å². The number of aromatic nitrogens is 6. The van der Waals surface area contributed by atoms with Crippen LogP contribution >= 0.6 is 0 Å². The predicted octanol–water partition coefficient (Wildman–Crippen LogP) is 1.31. The Morgan fingerprint density at radius 1 is 0.919 bits per heavy atom. The molecule has 2 saturated heterocycles. The number of amides is 4. The Labute approximate surface area is 357 Å². The molecular weight excluding hydrogens is 799 g/mol. The summed E-state index contributed by atoms with van der Waals surface area (Å²) in [6.45, 7) is 13.0. The predicted molar refractivity (Wildman–Crippen MR) is 228 cm³/mol. The lowest BCUT2D eigenvalue weighted by atomic mass is 9.96. The minimum Gasteiger partial charge on any atom is -0.491 e. The summed E-state index contributed by atoms with van der Waals surface area (Å²) in [6.07, 6.45) is 7.15. The normalized spacial score (nSPS) is 19.0. The number of methoxy groups -OCH3 is 1. The molecule has 2 aliphatic heterocycles. The van der Waals surface area contributed by atoms with Gasteiger partial charge in [0.1, 0.15) is 34.8 Å². The zero-order valence-electron chi connectivity index (χ0n) is 35.6. The van der Waals surface area contributed by atoms with Crippen LogP contribution in [0.1, 0.15) is 63.0 Å². The third-order valence-electron chi connectivity index (χ3n) is 10.8. The molecule has 20 heteroatoms. The Balaban J connectivity index is 1.24. The highest BCUT2D eigenvalue weighted by Crippen LogP contribution is 2.30. The minimum absolute atomic E-state index is 0.187. The number of hydrogen-bond acceptors (Lipinski definition) is 10. The first-order valence-corrected chi connectivity index (χ1v) is 20.6. The molecule has 0 bridgehead atoms. The lowest BCUT2D eigenvalue weighted by Crippen LogP contribution is -2.44. The summed E-state index contributed by atoms with van der Waals surface area (Å²) in [7, 11) is 1.53. The van der Waals surface area contributed by atoms with E-state index in [1.54, 1.807) is 57.3 Å². The van der Waals surface area contributed by atoms with E-state index in [0.29, 0.717) is 78.2 Å². The minimum atomic E-state index is -0.643. The molecule has 3 aliphatic rings. The van der Waals surface area contributed by atoms with Crippen LogP contribution < -0.4 is 27.1 Å². The number of hydrogen-bond donors (Lipinski definition) is 4. The number of morpholine rings is 1. The highest BCUT2D eigenvalue weighted by molar-refractivity contribution is 6.04. The second kappa shape index (κ2) is 19.0. The van der Waals surface area contributed by atoms with E-state index in [1.165, 1.54) is 7.11 Å². The van der Waals surface area contributed by atoms with Gasteiger partial charge < -0.3 is 45.4 Å². The number of nitrogens with zero attached hydrogens (tertiary/aromatic N) is 9. The van der Waals surface area contributed by atoms with Gasteiger partial charge in [-0.2, -0.15) is 20.2 Å². The number of rotatable bonds is 16. The van der Waals surface area contributed by atoms with Gasteiger partial charge in [0, 0.05) is 69.8 Å². The summed E-state index contributed by atoms with van der Waals surface area (Å²) in [5, 5.41) is 12.1. The van der Waals surface area contributed by atoms with Crippen molar-refractivity contribution in [1.82, 2.24) is 44.2 Å². The number of carbonyl (C=O) groups excluding carboxylic acids is 4. The molecule has 6 N–H and O–H groups in total. The zero-order chi connectivity index (χ0) is 44.1. The first-order chi connectivity index (χ1) is 29.9. The number of imidazole rings is 1. The number of ether oxygens (including phenoxy) is 3. The Bertz CT molecular complexity index is 2570. The maximum absolute atomic E-state index is 13.8.